The van der Waals surface area contributed by atoms with Gasteiger partial charge in [0, 0.05) is 49.8 Å². The third kappa shape index (κ3) is 5.83. The van der Waals surface area contributed by atoms with E-state index >= 15 is 0 Å². The molecule has 10 heteroatoms. The summed E-state index contributed by atoms with van der Waals surface area (Å²) in [5.41, 5.74) is 7.96. The van der Waals surface area contributed by atoms with Crippen LogP contribution in [0.25, 0.3) is 0 Å². The van der Waals surface area contributed by atoms with Gasteiger partial charge in [0.05, 0.1) is 6.42 Å². The molecule has 2 bridgehead atoms. The van der Waals surface area contributed by atoms with Crippen LogP contribution in [0.3, 0.4) is 0 Å². The number of pyridine rings is 1. The van der Waals surface area contributed by atoms with Crippen molar-refractivity contribution in [3.8, 4) is 0 Å². The van der Waals surface area contributed by atoms with E-state index in [2.05, 4.69) is 40.2 Å². The number of carbonyl (C=O) groups excluding carboxylic acids is 1. The highest BCUT2D eigenvalue weighted by molar-refractivity contribution is 5.92. The highest BCUT2D eigenvalue weighted by Gasteiger charge is 2.56. The number of methoxy groups -OCH3 is 1. The molecule has 1 aliphatic heterocycles. The van der Waals surface area contributed by atoms with Crippen LogP contribution < -0.4 is 5.73 Å². The summed E-state index contributed by atoms with van der Waals surface area (Å²) in [6.45, 7) is 2.01. The predicted octanol–water partition coefficient (Wildman–Crippen LogP) is 2.61. The van der Waals surface area contributed by atoms with Crippen molar-refractivity contribution in [3.63, 3.8) is 0 Å². The lowest BCUT2D eigenvalue weighted by atomic mass is 9.61. The predicted molar refractivity (Wildman–Crippen MR) is 142 cm³/mol. The van der Waals surface area contributed by atoms with Crippen molar-refractivity contribution in [3.05, 3.63) is 65.5 Å². The molecular weight excluding hydrogens is 502 g/mol. The van der Waals surface area contributed by atoms with E-state index in [0.29, 0.717) is 29.5 Å². The number of nitrogens with zero attached hydrogens (tertiary/aromatic N) is 2. The van der Waals surface area contributed by atoms with Crippen molar-refractivity contribution in [1.82, 2.24) is 9.88 Å². The zero-order valence-corrected chi connectivity index (χ0v) is 22.1. The summed E-state index contributed by atoms with van der Waals surface area (Å²) < 4.78 is 6.34. The molecule has 3 fully saturated rings. The number of likely N-dealkylation sites (tertiary alicyclic amines) is 1. The zero-order valence-electron chi connectivity index (χ0n) is 22.1. The number of aliphatic hydroxyl groups is 1. The van der Waals surface area contributed by atoms with Gasteiger partial charge >= 0.3 is 11.9 Å². The van der Waals surface area contributed by atoms with Crippen molar-refractivity contribution in [2.24, 2.45) is 17.6 Å². The van der Waals surface area contributed by atoms with Gasteiger partial charge in [-0.3, -0.25) is 19.5 Å². The van der Waals surface area contributed by atoms with E-state index in [1.807, 2.05) is 12.1 Å². The second-order valence-electron chi connectivity index (χ2n) is 10.7. The summed E-state index contributed by atoms with van der Waals surface area (Å²) in [5.74, 6) is -2.00. The van der Waals surface area contributed by atoms with Gasteiger partial charge < -0.3 is 25.8 Å². The van der Waals surface area contributed by atoms with Crippen LogP contribution in [0.4, 0.5) is 0 Å². The fourth-order valence-electron chi connectivity index (χ4n) is 6.80. The first-order valence-corrected chi connectivity index (χ1v) is 13.4. The van der Waals surface area contributed by atoms with Crippen molar-refractivity contribution < 1.29 is 34.4 Å². The molecule has 2 heterocycles. The number of primary amides is 1. The number of carbonyl (C=O) groups is 3. The maximum Gasteiger partial charge on any atom is 0.333 e. The number of amides is 1. The number of benzene rings is 1. The van der Waals surface area contributed by atoms with E-state index in [0.717, 1.165) is 31.5 Å². The second kappa shape index (κ2) is 12.2. The van der Waals surface area contributed by atoms with Gasteiger partial charge in [-0.2, -0.15) is 0 Å². The summed E-state index contributed by atoms with van der Waals surface area (Å²) >= 11 is 0. The Bertz CT molecular complexity index is 1160. The molecule has 1 aromatic heterocycles. The number of carboxylic acid groups (broad SMARTS) is 2. The lowest BCUT2D eigenvalue weighted by molar-refractivity contribution is -0.179. The van der Waals surface area contributed by atoms with Crippen molar-refractivity contribution in [1.29, 1.82) is 0 Å². The Morgan fingerprint density at radius 3 is 2.21 bits per heavy atom. The number of ether oxygens (including phenoxy) is 1. The Morgan fingerprint density at radius 2 is 1.72 bits per heavy atom. The summed E-state index contributed by atoms with van der Waals surface area (Å²) in [6.07, 6.45) is 5.07. The number of rotatable bonds is 8. The first-order valence-electron chi connectivity index (χ1n) is 13.4. The van der Waals surface area contributed by atoms with Crippen LogP contribution in [0.15, 0.2) is 48.7 Å². The van der Waals surface area contributed by atoms with E-state index in [-0.39, 0.29) is 0 Å². The number of nitrogens with two attached hydrogens (primary N) is 1. The fraction of sp³-hybridized carbons (Fsp3) is 0.517. The van der Waals surface area contributed by atoms with Gasteiger partial charge in [-0.15, -0.1) is 0 Å². The Kier molecular flexibility index (Phi) is 8.99. The maximum absolute atomic E-state index is 12.2. The maximum atomic E-state index is 12.2. The van der Waals surface area contributed by atoms with Crippen LogP contribution in [-0.4, -0.2) is 75.4 Å². The lowest BCUT2D eigenvalue weighted by Crippen LogP contribution is -2.63. The molecule has 1 aromatic carbocycles. The number of piperidine rings is 1. The van der Waals surface area contributed by atoms with E-state index in [1.54, 1.807) is 13.3 Å². The molecule has 2 aliphatic carbocycles. The second-order valence-corrected chi connectivity index (χ2v) is 10.7. The highest BCUT2D eigenvalue weighted by Crippen LogP contribution is 2.54. The molecule has 1 amide bonds. The number of aliphatic carboxylic acids is 2. The van der Waals surface area contributed by atoms with Crippen LogP contribution in [0.5, 0.6) is 0 Å². The van der Waals surface area contributed by atoms with Gasteiger partial charge in [-0.1, -0.05) is 42.8 Å². The van der Waals surface area contributed by atoms with Crippen molar-refractivity contribution in [2.45, 2.75) is 62.2 Å². The smallest absolute Gasteiger partial charge is 0.333 e. The fourth-order valence-corrected chi connectivity index (χ4v) is 6.80. The average molecular weight is 540 g/mol. The van der Waals surface area contributed by atoms with E-state index < -0.39 is 36.0 Å². The largest absolute Gasteiger partial charge is 0.481 e. The van der Waals surface area contributed by atoms with Gasteiger partial charge in [0.1, 0.15) is 11.3 Å². The van der Waals surface area contributed by atoms with Gasteiger partial charge in [0.15, 0.2) is 6.10 Å². The molecule has 6 atom stereocenters. The minimum Gasteiger partial charge on any atom is -0.481 e. The van der Waals surface area contributed by atoms with E-state index in [9.17, 15) is 14.4 Å². The Balaban J connectivity index is 0.000000340. The molecule has 39 heavy (non-hydrogen) atoms. The first-order chi connectivity index (χ1) is 18.7. The summed E-state index contributed by atoms with van der Waals surface area (Å²) in [5, 5.41) is 24.1. The van der Waals surface area contributed by atoms with Crippen LogP contribution in [0, 0.1) is 11.8 Å². The lowest BCUT2D eigenvalue weighted by Gasteiger charge is -2.59. The van der Waals surface area contributed by atoms with Crippen molar-refractivity contribution in [2.75, 3.05) is 20.2 Å². The Morgan fingerprint density at radius 1 is 1.05 bits per heavy atom. The van der Waals surface area contributed by atoms with Gasteiger partial charge in [0.25, 0.3) is 5.91 Å². The third-order valence-corrected chi connectivity index (χ3v) is 8.62. The number of hydrogen-bond acceptors (Lipinski definition) is 7. The topological polar surface area (TPSA) is 163 Å². The van der Waals surface area contributed by atoms with Crippen LogP contribution in [0.2, 0.25) is 0 Å². The minimum absolute atomic E-state index is 0.342. The first kappa shape index (κ1) is 28.7. The quantitative estimate of drug-likeness (QED) is 0.395. The van der Waals surface area contributed by atoms with Gasteiger partial charge in [0.2, 0.25) is 0 Å². The van der Waals surface area contributed by atoms with Crippen LogP contribution in [0.1, 0.15) is 66.1 Å². The SMILES string of the molecule is CO[C@@]1(c2cccnc2C(N)=O)[C@@H]2CCC[C@H]1CN([C@H]1CC[C@H]1c1ccccc1)C2.O=C(O)C[C@H](O)C(=O)O. The molecule has 5 N–H and O–H groups in total. The van der Waals surface area contributed by atoms with E-state index in [1.165, 1.54) is 24.8 Å². The summed E-state index contributed by atoms with van der Waals surface area (Å²) in [4.78, 5) is 38.6. The molecule has 0 radical (unpaired) electrons. The third-order valence-electron chi connectivity index (χ3n) is 8.62. The molecule has 10 nitrogen and oxygen atoms in total. The van der Waals surface area contributed by atoms with Crippen LogP contribution >= 0.6 is 0 Å². The standard InChI is InChI=1S/C25H31N3O2.C4H6O5/c1-30-25(21-11-6-14-27-23(21)24(26)29)18-9-5-10-19(25)16-28(15-18)22-13-12-20(22)17-7-3-2-4-8-17;5-2(4(8)9)1-3(6)7/h2-4,6-8,11,14,18-20,22H,5,9-10,12-13,15-16H2,1H3,(H2,26,29);2,5H,1H2,(H,6,7)(H,8,9)/t18-,19+,20-,22-,25+;2-/m00/s1. The summed E-state index contributed by atoms with van der Waals surface area (Å²) in [6, 6.07) is 15.5. The number of fused-ring (bicyclic) bond motifs is 2. The molecule has 0 unspecified atom stereocenters. The molecule has 2 aromatic rings. The molecule has 1 saturated heterocycles. The minimum atomic E-state index is -1.79. The van der Waals surface area contributed by atoms with E-state index in [4.69, 9.17) is 25.8 Å². The average Bonchev–Trinajstić information content (AvgIpc) is 2.88. The summed E-state index contributed by atoms with van der Waals surface area (Å²) in [7, 11) is 1.80. The monoisotopic (exact) mass is 539 g/mol. The molecular formula is C29H37N3O7. The molecule has 210 valence electrons. The molecule has 0 spiro atoms. The number of hydrogen-bond donors (Lipinski definition) is 4. The Hall–Kier alpha value is -3.34. The number of aliphatic hydroxyl groups excluding tert-OH is 1. The number of aromatic nitrogens is 1. The zero-order chi connectivity index (χ0) is 28.2. The molecule has 2 saturated carbocycles. The van der Waals surface area contributed by atoms with Crippen LogP contribution in [-0.2, 0) is 19.9 Å². The Labute approximate surface area is 227 Å². The number of carboxylic acids is 2. The highest BCUT2D eigenvalue weighted by atomic mass is 16.5. The molecule has 5 rings (SSSR count). The molecule has 3 aliphatic rings. The van der Waals surface area contributed by atoms with Gasteiger partial charge in [-0.05, 0) is 43.2 Å². The van der Waals surface area contributed by atoms with Crippen molar-refractivity contribution >= 4 is 17.8 Å². The normalized spacial score (nSPS) is 28.8. The van der Waals surface area contributed by atoms with Gasteiger partial charge in [-0.25, -0.2) is 4.79 Å².